The van der Waals surface area contributed by atoms with Crippen LogP contribution in [0, 0.1) is 24.0 Å². The first-order chi connectivity index (χ1) is 11.9. The molecule has 0 bridgehead atoms. The Hall–Kier alpha value is -2.51. The summed E-state index contributed by atoms with van der Waals surface area (Å²) in [7, 11) is 0. The predicted octanol–water partition coefficient (Wildman–Crippen LogP) is 4.62. The maximum Gasteiger partial charge on any atom is 0.270 e. The Kier molecular flexibility index (Phi) is 4.69. The Morgan fingerprint density at radius 3 is 2.44 bits per heavy atom. The number of hydrogen-bond acceptors (Lipinski definition) is 5. The number of non-ortho nitro benzene ring substituents is 1. The molecular formula is C18H14N2O3S2. The van der Waals surface area contributed by atoms with Gasteiger partial charge >= 0.3 is 0 Å². The third-order valence-corrected chi connectivity index (χ3v) is 5.14. The number of rotatable bonds is 3. The smallest absolute Gasteiger partial charge is 0.268 e. The topological polar surface area (TPSA) is 63.5 Å². The standard InChI is InChI=1S/C18H14N2O3S2/c1-11-5-3-6-12(2)16(11)19-17(21)15(25-18(19)24)10-13-7-4-8-14(9-13)20(22)23/h3-10H,1-2H3/b15-10-. The van der Waals surface area contributed by atoms with E-state index < -0.39 is 4.92 Å². The largest absolute Gasteiger partial charge is 0.270 e. The number of carbonyl (C=O) groups is 1. The zero-order chi connectivity index (χ0) is 18.1. The van der Waals surface area contributed by atoms with Gasteiger partial charge in [-0.05, 0) is 36.6 Å². The van der Waals surface area contributed by atoms with Gasteiger partial charge in [-0.25, -0.2) is 0 Å². The van der Waals surface area contributed by atoms with Crippen molar-refractivity contribution in [2.24, 2.45) is 0 Å². The molecular weight excluding hydrogens is 356 g/mol. The molecule has 0 radical (unpaired) electrons. The molecule has 0 N–H and O–H groups in total. The SMILES string of the molecule is Cc1cccc(C)c1N1C(=O)/C(=C/c2cccc([N+](=O)[O-])c2)SC1=S. The van der Waals surface area contributed by atoms with Gasteiger partial charge in [0.25, 0.3) is 11.6 Å². The molecule has 1 heterocycles. The van der Waals surface area contributed by atoms with E-state index >= 15 is 0 Å². The molecule has 0 aliphatic carbocycles. The number of aryl methyl sites for hydroxylation is 2. The number of nitro benzene ring substituents is 1. The Bertz CT molecular complexity index is 917. The fourth-order valence-corrected chi connectivity index (χ4v) is 3.97. The summed E-state index contributed by atoms with van der Waals surface area (Å²) in [6.45, 7) is 3.87. The number of thioether (sulfide) groups is 1. The minimum atomic E-state index is -0.459. The molecule has 1 aliphatic heterocycles. The van der Waals surface area contributed by atoms with Crippen LogP contribution in [-0.2, 0) is 4.79 Å². The normalized spacial score (nSPS) is 15.9. The maximum absolute atomic E-state index is 12.9. The minimum Gasteiger partial charge on any atom is -0.268 e. The van der Waals surface area contributed by atoms with Crippen molar-refractivity contribution in [1.82, 2.24) is 0 Å². The average molecular weight is 370 g/mol. The van der Waals surface area contributed by atoms with Gasteiger partial charge < -0.3 is 0 Å². The third kappa shape index (κ3) is 3.33. The van der Waals surface area contributed by atoms with Crippen molar-refractivity contribution in [2.75, 3.05) is 4.90 Å². The van der Waals surface area contributed by atoms with Crippen molar-refractivity contribution in [3.63, 3.8) is 0 Å². The van der Waals surface area contributed by atoms with E-state index in [0.717, 1.165) is 16.8 Å². The van der Waals surface area contributed by atoms with Gasteiger partial charge in [-0.2, -0.15) is 0 Å². The highest BCUT2D eigenvalue weighted by Crippen LogP contribution is 2.38. The molecule has 3 rings (SSSR count). The average Bonchev–Trinajstić information content (AvgIpc) is 2.82. The summed E-state index contributed by atoms with van der Waals surface area (Å²) in [4.78, 5) is 25.3. The molecule has 7 heteroatoms. The van der Waals surface area contributed by atoms with Gasteiger partial charge in [-0.3, -0.25) is 19.8 Å². The highest BCUT2D eigenvalue weighted by molar-refractivity contribution is 8.27. The number of thiocarbonyl (C=S) groups is 1. The van der Waals surface area contributed by atoms with E-state index in [1.54, 1.807) is 18.2 Å². The predicted molar refractivity (Wildman–Crippen MR) is 105 cm³/mol. The first-order valence-electron chi connectivity index (χ1n) is 7.47. The molecule has 0 unspecified atom stereocenters. The van der Waals surface area contributed by atoms with Crippen molar-refractivity contribution >= 4 is 51.7 Å². The molecule has 1 fully saturated rings. The Morgan fingerprint density at radius 2 is 1.80 bits per heavy atom. The van der Waals surface area contributed by atoms with Gasteiger partial charge in [0.1, 0.15) is 0 Å². The molecule has 0 aromatic heterocycles. The van der Waals surface area contributed by atoms with E-state index in [0.29, 0.717) is 14.8 Å². The Balaban J connectivity index is 1.99. The molecule has 2 aromatic carbocycles. The van der Waals surface area contributed by atoms with Gasteiger partial charge in [0.05, 0.1) is 15.5 Å². The molecule has 1 saturated heterocycles. The summed E-state index contributed by atoms with van der Waals surface area (Å²) in [5.74, 6) is -0.209. The first-order valence-corrected chi connectivity index (χ1v) is 8.69. The van der Waals surface area contributed by atoms with Gasteiger partial charge in [-0.15, -0.1) is 0 Å². The summed E-state index contributed by atoms with van der Waals surface area (Å²) in [5.41, 5.74) is 3.31. The number of para-hydroxylation sites is 1. The van der Waals surface area contributed by atoms with E-state index in [1.807, 2.05) is 32.0 Å². The summed E-state index contributed by atoms with van der Waals surface area (Å²) in [5, 5.41) is 10.9. The number of hydrogen-bond donors (Lipinski definition) is 0. The van der Waals surface area contributed by atoms with E-state index in [1.165, 1.54) is 28.8 Å². The van der Waals surface area contributed by atoms with Crippen LogP contribution in [0.4, 0.5) is 11.4 Å². The lowest BCUT2D eigenvalue weighted by molar-refractivity contribution is -0.384. The monoisotopic (exact) mass is 370 g/mol. The van der Waals surface area contributed by atoms with Gasteiger partial charge in [0.2, 0.25) is 0 Å². The van der Waals surface area contributed by atoms with Crippen LogP contribution >= 0.6 is 24.0 Å². The highest BCUT2D eigenvalue weighted by atomic mass is 32.2. The minimum absolute atomic E-state index is 0.0148. The van der Waals surface area contributed by atoms with Crippen molar-refractivity contribution in [3.05, 3.63) is 74.2 Å². The zero-order valence-electron chi connectivity index (χ0n) is 13.6. The molecule has 0 saturated carbocycles. The van der Waals surface area contributed by atoms with Crippen molar-refractivity contribution in [3.8, 4) is 0 Å². The lowest BCUT2D eigenvalue weighted by Crippen LogP contribution is -2.29. The molecule has 0 atom stereocenters. The van der Waals surface area contributed by atoms with Crippen LogP contribution in [0.1, 0.15) is 16.7 Å². The van der Waals surface area contributed by atoms with Gasteiger partial charge in [-0.1, -0.05) is 54.3 Å². The van der Waals surface area contributed by atoms with E-state index in [2.05, 4.69) is 0 Å². The van der Waals surface area contributed by atoms with E-state index in [4.69, 9.17) is 12.2 Å². The highest BCUT2D eigenvalue weighted by Gasteiger charge is 2.34. The lowest BCUT2D eigenvalue weighted by Gasteiger charge is -2.19. The molecule has 1 aliphatic rings. The van der Waals surface area contributed by atoms with Crippen LogP contribution in [0.5, 0.6) is 0 Å². The number of nitro groups is 1. The number of carbonyl (C=O) groups excluding carboxylic acids is 1. The third-order valence-electron chi connectivity index (χ3n) is 3.84. The Labute approximate surface area is 154 Å². The number of benzene rings is 2. The Morgan fingerprint density at radius 1 is 1.16 bits per heavy atom. The van der Waals surface area contributed by atoms with Crippen LogP contribution in [0.15, 0.2) is 47.4 Å². The number of amides is 1. The first kappa shape index (κ1) is 17.3. The van der Waals surface area contributed by atoms with Crippen molar-refractivity contribution < 1.29 is 9.72 Å². The van der Waals surface area contributed by atoms with Crippen LogP contribution < -0.4 is 4.90 Å². The van der Waals surface area contributed by atoms with Gasteiger partial charge in [0.15, 0.2) is 4.32 Å². The quantitative estimate of drug-likeness (QED) is 0.341. The fourth-order valence-electron chi connectivity index (χ4n) is 2.70. The second kappa shape index (κ2) is 6.78. The summed E-state index contributed by atoms with van der Waals surface area (Å²) in [6.07, 6.45) is 1.64. The number of nitrogens with zero attached hydrogens (tertiary/aromatic N) is 2. The van der Waals surface area contributed by atoms with E-state index in [-0.39, 0.29) is 11.6 Å². The molecule has 1 amide bonds. The summed E-state index contributed by atoms with van der Waals surface area (Å²) >= 11 is 6.60. The second-order valence-electron chi connectivity index (χ2n) is 5.61. The zero-order valence-corrected chi connectivity index (χ0v) is 15.2. The molecule has 126 valence electrons. The van der Waals surface area contributed by atoms with Crippen LogP contribution in [-0.4, -0.2) is 15.2 Å². The van der Waals surface area contributed by atoms with Crippen molar-refractivity contribution in [2.45, 2.75) is 13.8 Å². The molecule has 0 spiro atoms. The van der Waals surface area contributed by atoms with Crippen LogP contribution in [0.3, 0.4) is 0 Å². The molecule has 25 heavy (non-hydrogen) atoms. The van der Waals surface area contributed by atoms with Crippen LogP contribution in [0.25, 0.3) is 6.08 Å². The maximum atomic E-state index is 12.9. The summed E-state index contributed by atoms with van der Waals surface area (Å²) in [6, 6.07) is 12.0. The molecule has 5 nitrogen and oxygen atoms in total. The fraction of sp³-hybridized carbons (Fsp3) is 0.111. The van der Waals surface area contributed by atoms with Gasteiger partial charge in [0, 0.05) is 12.1 Å². The van der Waals surface area contributed by atoms with Crippen molar-refractivity contribution in [1.29, 1.82) is 0 Å². The lowest BCUT2D eigenvalue weighted by atomic mass is 10.1. The number of anilines is 1. The van der Waals surface area contributed by atoms with E-state index in [9.17, 15) is 14.9 Å². The second-order valence-corrected chi connectivity index (χ2v) is 7.29. The summed E-state index contributed by atoms with van der Waals surface area (Å²) < 4.78 is 0.457. The van der Waals surface area contributed by atoms with Crippen LogP contribution in [0.2, 0.25) is 0 Å². The molecule has 2 aromatic rings.